The number of hydrogen-bond acceptors (Lipinski definition) is 9. The molecule has 0 unspecified atom stereocenters. The van der Waals surface area contributed by atoms with E-state index in [1.165, 1.54) is 12.7 Å². The van der Waals surface area contributed by atoms with Crippen molar-refractivity contribution in [2.75, 3.05) is 12.3 Å². The molecule has 1 saturated heterocycles. The molecule has 0 saturated carbocycles. The summed E-state index contributed by atoms with van der Waals surface area (Å²) >= 11 is 0. The number of carbonyl (C=O) groups excluding carboxylic acids is 1. The quantitative estimate of drug-likeness (QED) is 0.342. The standard InChI is InChI=1S/C21H21N7O4/c22-19-16-20(25-9-24-19)28(10-26-16)7-14-18(30)17(29)13(8-32-14)27-21(31)15-12-4-2-1-3-11(12)5-6-23-15/h1-6,9-10,13-14,17-18,29-30H,7-8H2,(H,27,31)(H2,22,24,25)/t13-,14-,17+,18-/m1/s1. The van der Waals surface area contributed by atoms with Crippen molar-refractivity contribution in [1.82, 2.24) is 29.8 Å². The highest BCUT2D eigenvalue weighted by molar-refractivity contribution is 6.05. The molecule has 0 radical (unpaired) electrons. The van der Waals surface area contributed by atoms with Crippen LogP contribution in [0, 0.1) is 0 Å². The number of aliphatic hydroxyl groups excluding tert-OH is 2. The summed E-state index contributed by atoms with van der Waals surface area (Å²) in [6.07, 6.45) is 1.20. The third-order valence-electron chi connectivity index (χ3n) is 5.64. The van der Waals surface area contributed by atoms with E-state index in [0.717, 1.165) is 5.39 Å². The topological polar surface area (TPSA) is 161 Å². The van der Waals surface area contributed by atoms with Gasteiger partial charge in [0.15, 0.2) is 11.5 Å². The smallest absolute Gasteiger partial charge is 0.270 e. The lowest BCUT2D eigenvalue weighted by molar-refractivity contribution is -0.152. The molecule has 1 aliphatic heterocycles. The van der Waals surface area contributed by atoms with Crippen LogP contribution in [-0.4, -0.2) is 71.6 Å². The molecule has 164 valence electrons. The molecule has 0 spiro atoms. The number of carbonyl (C=O) groups is 1. The molecule has 1 amide bonds. The number of benzene rings is 1. The van der Waals surface area contributed by atoms with E-state index >= 15 is 0 Å². The zero-order valence-corrected chi connectivity index (χ0v) is 16.9. The van der Waals surface area contributed by atoms with Crippen molar-refractivity contribution >= 4 is 33.7 Å². The number of rotatable bonds is 4. The lowest BCUT2D eigenvalue weighted by atomic mass is 9.97. The highest BCUT2D eigenvalue weighted by Gasteiger charge is 2.39. The number of nitrogens with zero attached hydrogens (tertiary/aromatic N) is 5. The number of nitrogens with two attached hydrogens (primary N) is 1. The molecule has 1 aliphatic rings. The molecule has 1 fully saturated rings. The first kappa shape index (κ1) is 20.2. The number of ether oxygens (including phenoxy) is 1. The van der Waals surface area contributed by atoms with E-state index in [1.54, 1.807) is 10.8 Å². The Kier molecular flexibility index (Phi) is 5.13. The summed E-state index contributed by atoms with van der Waals surface area (Å²) in [5.74, 6) is -0.198. The summed E-state index contributed by atoms with van der Waals surface area (Å²) in [5, 5.41) is 25.6. The monoisotopic (exact) mass is 435 g/mol. The van der Waals surface area contributed by atoms with E-state index in [4.69, 9.17) is 10.5 Å². The maximum atomic E-state index is 12.8. The minimum atomic E-state index is -1.24. The van der Waals surface area contributed by atoms with E-state index in [0.29, 0.717) is 16.6 Å². The van der Waals surface area contributed by atoms with Gasteiger partial charge < -0.3 is 30.6 Å². The number of nitrogens with one attached hydrogen (secondary N) is 1. The molecular weight excluding hydrogens is 414 g/mol. The second-order valence-corrected chi connectivity index (χ2v) is 7.64. The summed E-state index contributed by atoms with van der Waals surface area (Å²) in [6.45, 7) is 0.208. The molecule has 3 aromatic heterocycles. The number of anilines is 1. The third kappa shape index (κ3) is 3.51. The first-order chi connectivity index (χ1) is 15.5. The maximum absolute atomic E-state index is 12.8. The molecule has 4 heterocycles. The van der Waals surface area contributed by atoms with Crippen molar-refractivity contribution in [3.05, 3.63) is 54.9 Å². The summed E-state index contributed by atoms with van der Waals surface area (Å²) in [4.78, 5) is 29.3. The minimum absolute atomic E-state index is 0.0170. The zero-order valence-electron chi connectivity index (χ0n) is 16.9. The Balaban J connectivity index is 1.29. The van der Waals surface area contributed by atoms with Crippen molar-refractivity contribution in [2.45, 2.75) is 30.9 Å². The van der Waals surface area contributed by atoms with Gasteiger partial charge in [-0.3, -0.25) is 9.78 Å². The fourth-order valence-electron chi connectivity index (χ4n) is 3.93. The van der Waals surface area contributed by atoms with Crippen molar-refractivity contribution in [2.24, 2.45) is 0 Å². The van der Waals surface area contributed by atoms with E-state index in [1.807, 2.05) is 30.3 Å². The molecule has 11 heteroatoms. The van der Waals surface area contributed by atoms with E-state index in [2.05, 4.69) is 25.3 Å². The fourth-order valence-corrected chi connectivity index (χ4v) is 3.93. The lowest BCUT2D eigenvalue weighted by Crippen LogP contribution is -2.60. The van der Waals surface area contributed by atoms with Crippen LogP contribution in [0.15, 0.2) is 49.2 Å². The van der Waals surface area contributed by atoms with Crippen LogP contribution in [0.25, 0.3) is 21.9 Å². The molecule has 32 heavy (non-hydrogen) atoms. The van der Waals surface area contributed by atoms with E-state index < -0.39 is 30.3 Å². The maximum Gasteiger partial charge on any atom is 0.270 e. The summed E-state index contributed by atoms with van der Waals surface area (Å²) < 4.78 is 7.46. The van der Waals surface area contributed by atoms with Crippen LogP contribution in [-0.2, 0) is 11.3 Å². The first-order valence-corrected chi connectivity index (χ1v) is 10.1. The zero-order chi connectivity index (χ0) is 22.2. The molecule has 0 bridgehead atoms. The number of nitrogen functional groups attached to an aromatic ring is 1. The Hall–Kier alpha value is -3.67. The van der Waals surface area contributed by atoms with Gasteiger partial charge in [0, 0.05) is 11.6 Å². The molecule has 4 atom stereocenters. The van der Waals surface area contributed by atoms with Gasteiger partial charge in [-0.25, -0.2) is 15.0 Å². The number of imidazole rings is 1. The fraction of sp³-hybridized carbons (Fsp3) is 0.286. The number of amides is 1. The summed E-state index contributed by atoms with van der Waals surface area (Å²) in [5.41, 5.74) is 7.00. The highest BCUT2D eigenvalue weighted by atomic mass is 16.5. The van der Waals surface area contributed by atoms with Crippen molar-refractivity contribution in [1.29, 1.82) is 0 Å². The normalized spacial score (nSPS) is 23.4. The first-order valence-electron chi connectivity index (χ1n) is 10.1. The number of pyridine rings is 1. The Morgan fingerprint density at radius 2 is 2.00 bits per heavy atom. The van der Waals surface area contributed by atoms with Crippen molar-refractivity contribution < 1.29 is 19.7 Å². The van der Waals surface area contributed by atoms with E-state index in [-0.39, 0.29) is 24.7 Å². The van der Waals surface area contributed by atoms with Crippen LogP contribution in [0.4, 0.5) is 5.82 Å². The molecule has 5 rings (SSSR count). The van der Waals surface area contributed by atoms with Crippen LogP contribution >= 0.6 is 0 Å². The average Bonchev–Trinajstić information content (AvgIpc) is 3.22. The van der Waals surface area contributed by atoms with Crippen molar-refractivity contribution in [3.63, 3.8) is 0 Å². The van der Waals surface area contributed by atoms with Crippen LogP contribution in [0.5, 0.6) is 0 Å². The summed E-state index contributed by atoms with van der Waals surface area (Å²) in [6, 6.07) is 8.42. The SMILES string of the molecule is Nc1ncnc2c1ncn2C[C@H]1OC[C@@H](NC(=O)c2nccc3ccccc23)[C@H](O)[C@@H]1O. The predicted molar refractivity (Wildman–Crippen MR) is 114 cm³/mol. The highest BCUT2D eigenvalue weighted by Crippen LogP contribution is 2.22. The Labute approximate surface area is 181 Å². The lowest BCUT2D eigenvalue weighted by Gasteiger charge is -2.38. The second kappa shape index (κ2) is 8.11. The third-order valence-corrected chi connectivity index (χ3v) is 5.64. The number of aliphatic hydroxyl groups is 2. The number of aromatic nitrogens is 5. The Morgan fingerprint density at radius 3 is 2.88 bits per heavy atom. The van der Waals surface area contributed by atoms with Crippen molar-refractivity contribution in [3.8, 4) is 0 Å². The molecule has 1 aromatic carbocycles. The molecule has 5 N–H and O–H groups in total. The van der Waals surface area contributed by atoms with Gasteiger partial charge in [0.1, 0.15) is 35.8 Å². The van der Waals surface area contributed by atoms with Crippen LogP contribution < -0.4 is 11.1 Å². The molecular formula is C21H21N7O4. The van der Waals surface area contributed by atoms with Crippen LogP contribution in [0.3, 0.4) is 0 Å². The van der Waals surface area contributed by atoms with E-state index in [9.17, 15) is 15.0 Å². The molecule has 4 aromatic rings. The largest absolute Gasteiger partial charge is 0.388 e. The van der Waals surface area contributed by atoms with Gasteiger partial charge in [0.2, 0.25) is 0 Å². The van der Waals surface area contributed by atoms with Gasteiger partial charge >= 0.3 is 0 Å². The predicted octanol–water partition coefficient (Wildman–Crippen LogP) is -0.124. The van der Waals surface area contributed by atoms with Gasteiger partial charge in [0.25, 0.3) is 5.91 Å². The van der Waals surface area contributed by atoms with Gasteiger partial charge in [-0.15, -0.1) is 0 Å². The average molecular weight is 435 g/mol. The summed E-state index contributed by atoms with van der Waals surface area (Å²) in [7, 11) is 0. The van der Waals surface area contributed by atoms with Gasteiger partial charge in [-0.1, -0.05) is 24.3 Å². The van der Waals surface area contributed by atoms with Crippen LogP contribution in [0.1, 0.15) is 10.5 Å². The molecule has 11 nitrogen and oxygen atoms in total. The van der Waals surface area contributed by atoms with Gasteiger partial charge in [0.05, 0.1) is 25.5 Å². The Bertz CT molecular complexity index is 1290. The minimum Gasteiger partial charge on any atom is -0.388 e. The van der Waals surface area contributed by atoms with Crippen LogP contribution in [0.2, 0.25) is 0 Å². The number of hydrogen-bond donors (Lipinski definition) is 4. The Morgan fingerprint density at radius 1 is 1.16 bits per heavy atom. The second-order valence-electron chi connectivity index (χ2n) is 7.64. The van der Waals surface area contributed by atoms with Gasteiger partial charge in [-0.05, 0) is 11.5 Å². The van der Waals surface area contributed by atoms with Gasteiger partial charge in [-0.2, -0.15) is 0 Å². The number of fused-ring (bicyclic) bond motifs is 2. The molecule has 0 aliphatic carbocycles.